The molecule has 1 aliphatic rings. The van der Waals surface area contributed by atoms with E-state index in [0.29, 0.717) is 6.04 Å². The molecule has 0 bridgehead atoms. The van der Waals surface area contributed by atoms with Crippen molar-refractivity contribution in [3.05, 3.63) is 11.6 Å². The summed E-state index contributed by atoms with van der Waals surface area (Å²) in [5.41, 5.74) is 0.941. The zero-order valence-electron chi connectivity index (χ0n) is 9.70. The molecule has 0 aromatic heterocycles. The first-order chi connectivity index (χ1) is 7.09. The quantitative estimate of drug-likeness (QED) is 0.728. The zero-order chi connectivity index (χ0) is 11.3. The molecule has 1 fully saturated rings. The number of hydrogen-bond donors (Lipinski definition) is 1. The van der Waals surface area contributed by atoms with Crippen LogP contribution < -0.4 is 0 Å². The summed E-state index contributed by atoms with van der Waals surface area (Å²) in [6, 6.07) is 0.588. The molecule has 0 aromatic carbocycles. The summed E-state index contributed by atoms with van der Waals surface area (Å²) in [7, 11) is 0. The van der Waals surface area contributed by atoms with Gasteiger partial charge in [0.2, 0.25) is 0 Å². The summed E-state index contributed by atoms with van der Waals surface area (Å²) in [6.07, 6.45) is 6.41. The van der Waals surface area contributed by atoms with E-state index in [1.54, 1.807) is 0 Å². The maximum atomic E-state index is 10.5. The fraction of sp³-hybridized carbons (Fsp3) is 0.750. The molecule has 3 nitrogen and oxygen atoms in total. The smallest absolute Gasteiger partial charge is 0.328 e. The Hall–Kier alpha value is -0.830. The Kier molecular flexibility index (Phi) is 4.82. The highest BCUT2D eigenvalue weighted by molar-refractivity contribution is 5.80. The van der Waals surface area contributed by atoms with Crippen LogP contribution in [0.15, 0.2) is 11.6 Å². The van der Waals surface area contributed by atoms with Crippen molar-refractivity contribution in [1.29, 1.82) is 0 Å². The average Bonchev–Trinajstić information content (AvgIpc) is 2.30. The van der Waals surface area contributed by atoms with Crippen LogP contribution in [0.1, 0.15) is 39.5 Å². The Morgan fingerprint density at radius 3 is 2.87 bits per heavy atom. The van der Waals surface area contributed by atoms with Gasteiger partial charge in [-0.2, -0.15) is 0 Å². The Morgan fingerprint density at radius 2 is 2.20 bits per heavy atom. The van der Waals surface area contributed by atoms with E-state index in [2.05, 4.69) is 11.8 Å². The molecule has 0 amide bonds. The van der Waals surface area contributed by atoms with Gasteiger partial charge in [0.05, 0.1) is 0 Å². The number of nitrogens with zero attached hydrogens (tertiary/aromatic N) is 1. The Balaban J connectivity index is 2.51. The van der Waals surface area contributed by atoms with Gasteiger partial charge in [0.1, 0.15) is 0 Å². The summed E-state index contributed by atoms with van der Waals surface area (Å²) >= 11 is 0. The minimum Gasteiger partial charge on any atom is -0.478 e. The molecule has 1 heterocycles. The van der Waals surface area contributed by atoms with Crippen LogP contribution in [0.25, 0.3) is 0 Å². The minimum absolute atomic E-state index is 0.588. The number of carbonyl (C=O) groups is 1. The third-order valence-corrected chi connectivity index (χ3v) is 3.01. The van der Waals surface area contributed by atoms with Crippen LogP contribution in [0.3, 0.4) is 0 Å². The van der Waals surface area contributed by atoms with E-state index in [-0.39, 0.29) is 0 Å². The average molecular weight is 211 g/mol. The molecule has 15 heavy (non-hydrogen) atoms. The van der Waals surface area contributed by atoms with E-state index in [0.717, 1.165) is 18.7 Å². The standard InChI is InChI=1S/C12H21NO2/c1-10(8-12(14)15)9-13-7-5-3-4-6-11(13)2/h8,11H,3-7,9H2,1-2H3,(H,14,15). The van der Waals surface area contributed by atoms with Crippen LogP contribution in [0, 0.1) is 0 Å². The number of hydrogen-bond acceptors (Lipinski definition) is 2. The number of carboxylic acid groups (broad SMARTS) is 1. The highest BCUT2D eigenvalue weighted by atomic mass is 16.4. The van der Waals surface area contributed by atoms with Gasteiger partial charge in [-0.15, -0.1) is 0 Å². The lowest BCUT2D eigenvalue weighted by molar-refractivity contribution is -0.131. The predicted octanol–water partition coefficient (Wildman–Crippen LogP) is 2.28. The molecule has 1 rings (SSSR count). The van der Waals surface area contributed by atoms with Crippen molar-refractivity contribution < 1.29 is 9.90 Å². The number of rotatable bonds is 3. The molecule has 0 saturated carbocycles. The Bertz CT molecular complexity index is 248. The first-order valence-electron chi connectivity index (χ1n) is 5.73. The first-order valence-corrected chi connectivity index (χ1v) is 5.73. The normalized spacial score (nSPS) is 24.9. The second-order valence-corrected chi connectivity index (χ2v) is 4.50. The van der Waals surface area contributed by atoms with Crippen molar-refractivity contribution in [2.75, 3.05) is 13.1 Å². The maximum absolute atomic E-state index is 10.5. The van der Waals surface area contributed by atoms with Gasteiger partial charge in [-0.05, 0) is 33.2 Å². The second kappa shape index (κ2) is 5.91. The third-order valence-electron chi connectivity index (χ3n) is 3.01. The molecule has 0 aromatic rings. The van der Waals surface area contributed by atoms with E-state index in [1.807, 2.05) is 6.92 Å². The van der Waals surface area contributed by atoms with Crippen LogP contribution in [0.2, 0.25) is 0 Å². The molecule has 0 aliphatic carbocycles. The monoisotopic (exact) mass is 211 g/mol. The highest BCUT2D eigenvalue weighted by Gasteiger charge is 2.16. The van der Waals surface area contributed by atoms with Gasteiger partial charge in [0.25, 0.3) is 0 Å². The molecule has 1 N–H and O–H groups in total. The van der Waals surface area contributed by atoms with Crippen LogP contribution in [-0.4, -0.2) is 35.1 Å². The van der Waals surface area contributed by atoms with Crippen molar-refractivity contribution in [3.8, 4) is 0 Å². The number of carboxylic acids is 1. The molecule has 1 saturated heterocycles. The van der Waals surface area contributed by atoms with Crippen molar-refractivity contribution in [2.24, 2.45) is 0 Å². The molecule has 3 heteroatoms. The van der Waals surface area contributed by atoms with Crippen LogP contribution >= 0.6 is 0 Å². The largest absolute Gasteiger partial charge is 0.478 e. The predicted molar refractivity (Wildman–Crippen MR) is 60.9 cm³/mol. The van der Waals surface area contributed by atoms with Crippen LogP contribution in [0.4, 0.5) is 0 Å². The fourth-order valence-corrected chi connectivity index (χ4v) is 2.15. The molecular formula is C12H21NO2. The second-order valence-electron chi connectivity index (χ2n) is 4.50. The van der Waals surface area contributed by atoms with Crippen LogP contribution in [-0.2, 0) is 4.79 Å². The third kappa shape index (κ3) is 4.47. The molecule has 0 radical (unpaired) electrons. The summed E-state index contributed by atoms with van der Waals surface area (Å²) in [4.78, 5) is 12.9. The van der Waals surface area contributed by atoms with Gasteiger partial charge in [-0.25, -0.2) is 4.79 Å². The molecule has 1 unspecified atom stereocenters. The summed E-state index contributed by atoms with van der Waals surface area (Å²) in [5.74, 6) is -0.838. The Labute approximate surface area is 91.8 Å². The number of likely N-dealkylation sites (tertiary alicyclic amines) is 1. The Morgan fingerprint density at radius 1 is 1.47 bits per heavy atom. The highest BCUT2D eigenvalue weighted by Crippen LogP contribution is 2.17. The van der Waals surface area contributed by atoms with E-state index >= 15 is 0 Å². The van der Waals surface area contributed by atoms with Gasteiger partial charge >= 0.3 is 5.97 Å². The lowest BCUT2D eigenvalue weighted by atomic mass is 10.1. The van der Waals surface area contributed by atoms with Crippen molar-refractivity contribution in [1.82, 2.24) is 4.90 Å². The van der Waals surface area contributed by atoms with Crippen molar-refractivity contribution in [3.63, 3.8) is 0 Å². The zero-order valence-corrected chi connectivity index (χ0v) is 9.70. The van der Waals surface area contributed by atoms with E-state index in [9.17, 15) is 4.79 Å². The summed E-state index contributed by atoms with van der Waals surface area (Å²) in [5, 5.41) is 8.64. The van der Waals surface area contributed by atoms with Gasteiger partial charge < -0.3 is 5.11 Å². The van der Waals surface area contributed by atoms with E-state index in [1.165, 1.54) is 31.8 Å². The van der Waals surface area contributed by atoms with Gasteiger partial charge in [-0.1, -0.05) is 18.4 Å². The summed E-state index contributed by atoms with van der Waals surface area (Å²) < 4.78 is 0. The van der Waals surface area contributed by atoms with Crippen molar-refractivity contribution in [2.45, 2.75) is 45.6 Å². The topological polar surface area (TPSA) is 40.5 Å². The molecule has 1 atom stereocenters. The van der Waals surface area contributed by atoms with Gasteiger partial charge in [0.15, 0.2) is 0 Å². The van der Waals surface area contributed by atoms with Gasteiger partial charge in [-0.3, -0.25) is 4.90 Å². The molecule has 0 spiro atoms. The van der Waals surface area contributed by atoms with Crippen molar-refractivity contribution >= 4 is 5.97 Å². The molecule has 86 valence electrons. The lowest BCUT2D eigenvalue weighted by Gasteiger charge is -2.26. The molecule has 1 aliphatic heterocycles. The first kappa shape index (κ1) is 12.2. The lowest BCUT2D eigenvalue weighted by Crippen LogP contribution is -2.34. The SMILES string of the molecule is CC(=CC(=O)O)CN1CCCCCC1C. The minimum atomic E-state index is -0.838. The fourth-order valence-electron chi connectivity index (χ4n) is 2.15. The van der Waals surface area contributed by atoms with E-state index < -0.39 is 5.97 Å². The maximum Gasteiger partial charge on any atom is 0.328 e. The van der Waals surface area contributed by atoms with Gasteiger partial charge in [0, 0.05) is 18.7 Å². The number of aliphatic carboxylic acids is 1. The van der Waals surface area contributed by atoms with E-state index in [4.69, 9.17) is 5.11 Å². The summed E-state index contributed by atoms with van der Waals surface area (Å²) in [6.45, 7) is 6.03. The molecular weight excluding hydrogens is 190 g/mol. The van der Waals surface area contributed by atoms with Crippen LogP contribution in [0.5, 0.6) is 0 Å².